The number of para-hydroxylation sites is 2. The lowest BCUT2D eigenvalue weighted by Gasteiger charge is -2.12. The minimum absolute atomic E-state index is 0.0259. The van der Waals surface area contributed by atoms with Gasteiger partial charge >= 0.3 is 5.97 Å². The maximum absolute atomic E-state index is 13.8. The lowest BCUT2D eigenvalue weighted by molar-refractivity contribution is -0.142. The number of fused-ring (bicyclic) bond motifs is 1. The number of nitrogens with zero attached hydrogens (tertiary/aromatic N) is 5. The average Bonchev–Trinajstić information content (AvgIpc) is 4.10. The number of methoxy groups -OCH3 is 1. The Morgan fingerprint density at radius 3 is 2.14 bits per heavy atom. The summed E-state index contributed by atoms with van der Waals surface area (Å²) in [7, 11) is 1.24. The number of aromatic nitrogens is 5. The summed E-state index contributed by atoms with van der Waals surface area (Å²) in [6, 6.07) is 14.1. The number of esters is 1. The van der Waals surface area contributed by atoms with E-state index < -0.39 is 17.6 Å². The fraction of sp³-hybridized carbons (Fsp3) is 0.286. The van der Waals surface area contributed by atoms with Crippen molar-refractivity contribution in [3.63, 3.8) is 0 Å². The zero-order valence-electron chi connectivity index (χ0n) is 27.9. The van der Waals surface area contributed by atoms with Gasteiger partial charge in [-0.2, -0.15) is 0 Å². The second kappa shape index (κ2) is 17.7. The summed E-state index contributed by atoms with van der Waals surface area (Å²) in [6.07, 6.45) is 12.0. The van der Waals surface area contributed by atoms with E-state index in [9.17, 15) is 23.2 Å². The molecule has 12 nitrogen and oxygen atoms in total. The predicted octanol–water partition coefficient (Wildman–Crippen LogP) is 6.74. The Morgan fingerprint density at radius 2 is 1.55 bits per heavy atom. The Balaban J connectivity index is 0.000000160. The summed E-state index contributed by atoms with van der Waals surface area (Å²) >= 11 is 2.89. The first-order chi connectivity index (χ1) is 24.7. The number of ether oxygens (including phenoxy) is 3. The van der Waals surface area contributed by atoms with Crippen LogP contribution in [0.1, 0.15) is 42.1 Å². The Morgan fingerprint density at radius 1 is 0.922 bits per heavy atom. The molecule has 3 aromatic heterocycles. The van der Waals surface area contributed by atoms with Gasteiger partial charge < -0.3 is 19.5 Å². The number of thioether (sulfide) groups is 2. The summed E-state index contributed by atoms with van der Waals surface area (Å²) in [6.45, 7) is -0.280. The Kier molecular flexibility index (Phi) is 12.9. The third-order valence-corrected chi connectivity index (χ3v) is 8.43. The molecule has 2 saturated carbocycles. The molecule has 0 amide bonds. The van der Waals surface area contributed by atoms with Crippen molar-refractivity contribution in [1.29, 1.82) is 0 Å². The van der Waals surface area contributed by atoms with E-state index in [1.807, 2.05) is 12.5 Å². The highest BCUT2D eigenvalue weighted by Gasteiger charge is 2.29. The van der Waals surface area contributed by atoms with Gasteiger partial charge in [0.05, 0.1) is 12.7 Å². The molecule has 0 aliphatic heterocycles. The van der Waals surface area contributed by atoms with E-state index in [2.05, 4.69) is 30.0 Å². The van der Waals surface area contributed by atoms with Crippen molar-refractivity contribution in [2.24, 2.45) is 0 Å². The number of carbonyl (C=O) groups excluding carboxylic acids is 2. The lowest BCUT2D eigenvalue weighted by atomic mass is 10.3. The van der Waals surface area contributed by atoms with Crippen LogP contribution < -0.4 is 20.3 Å². The summed E-state index contributed by atoms with van der Waals surface area (Å²) in [5.74, 6) is -0.716. The second-order valence-electron chi connectivity index (χ2n) is 11.1. The Labute approximate surface area is 300 Å². The van der Waals surface area contributed by atoms with Crippen LogP contribution >= 0.6 is 23.5 Å². The van der Waals surface area contributed by atoms with Crippen molar-refractivity contribution in [2.45, 2.75) is 48.1 Å². The summed E-state index contributed by atoms with van der Waals surface area (Å²) in [5.41, 5.74) is 0.844. The molecule has 0 bridgehead atoms. The summed E-state index contributed by atoms with van der Waals surface area (Å²) in [4.78, 5) is 51.2. The van der Waals surface area contributed by atoms with Gasteiger partial charge in [-0.3, -0.25) is 14.2 Å². The number of pyridine rings is 1. The van der Waals surface area contributed by atoms with Gasteiger partial charge in [-0.1, -0.05) is 47.8 Å². The van der Waals surface area contributed by atoms with Crippen LogP contribution in [0.25, 0.3) is 11.0 Å². The Bertz CT molecular complexity index is 2060. The van der Waals surface area contributed by atoms with Gasteiger partial charge in [-0.05, 0) is 68.5 Å². The number of anilines is 1. The molecule has 0 atom stereocenters. The highest BCUT2D eigenvalue weighted by Crippen LogP contribution is 2.37. The number of hydrogen-bond donors (Lipinski definition) is 1. The third kappa shape index (κ3) is 10.2. The molecular formula is C35H34F2N6O6S2. The van der Waals surface area contributed by atoms with Crippen molar-refractivity contribution < 1.29 is 32.6 Å². The highest BCUT2D eigenvalue weighted by atomic mass is 32.2. The quantitative estimate of drug-likeness (QED) is 0.0661. The average molecular weight is 737 g/mol. The largest absolute Gasteiger partial charge is 0.479 e. The molecule has 51 heavy (non-hydrogen) atoms. The van der Waals surface area contributed by atoms with Crippen LogP contribution in [0.3, 0.4) is 0 Å². The van der Waals surface area contributed by atoms with Crippen LogP contribution in [0.4, 0.5) is 14.6 Å². The molecule has 1 N–H and O–H groups in total. The molecule has 0 spiro atoms. The molecule has 2 aliphatic carbocycles. The number of benzene rings is 2. The second-order valence-corrected chi connectivity index (χ2v) is 12.6. The van der Waals surface area contributed by atoms with Gasteiger partial charge in [0, 0.05) is 29.9 Å². The normalized spacial score (nSPS) is 13.2. The molecule has 0 radical (unpaired) electrons. The standard InChI is InChI=1S/C17H14FN3O2S.C9H9FO3.C9H11N3OS/c1-24-17-19-9-10-8-14(23-13-5-3-2-4-12(13)18)16(22)21(11-6-7-11)15(10)20-17;1-12-9(11)6-13-8-5-3-2-4-7(8)10;1-14-9-10-4-6(5-13)8(12-9)11-7-2-3-7/h2-5,8-9,11H,6-7H2,1H3;2-5H,6H2,1H3;4-5,7H,2-3H2,1H3,(H,10,11,12). The van der Waals surface area contributed by atoms with Crippen LogP contribution in [-0.4, -0.2) is 69.0 Å². The van der Waals surface area contributed by atoms with Crippen LogP contribution in [0, 0.1) is 11.6 Å². The molecule has 7 rings (SSSR count). The van der Waals surface area contributed by atoms with E-state index in [0.29, 0.717) is 38.8 Å². The van der Waals surface area contributed by atoms with E-state index in [1.165, 1.54) is 54.9 Å². The molecule has 2 aliphatic rings. The van der Waals surface area contributed by atoms with Crippen LogP contribution in [0.5, 0.6) is 17.2 Å². The van der Waals surface area contributed by atoms with Crippen LogP contribution in [0.2, 0.25) is 0 Å². The number of carbonyl (C=O) groups is 2. The van der Waals surface area contributed by atoms with Gasteiger partial charge in [0.25, 0.3) is 5.56 Å². The lowest BCUT2D eigenvalue weighted by Crippen LogP contribution is -2.21. The first kappa shape index (κ1) is 37.2. The molecule has 3 heterocycles. The maximum Gasteiger partial charge on any atom is 0.343 e. The fourth-order valence-electron chi connectivity index (χ4n) is 4.42. The van der Waals surface area contributed by atoms with Crippen molar-refractivity contribution in [3.05, 3.63) is 94.5 Å². The SMILES string of the molecule is COC(=O)COc1ccccc1F.CSc1ncc(C=O)c(NC2CC2)n1.CSc1ncc2cc(Oc3ccccc3F)c(=O)n(C3CC3)c2n1. The Hall–Kier alpha value is -5.09. The van der Waals surface area contributed by atoms with E-state index in [-0.39, 0.29) is 35.5 Å². The van der Waals surface area contributed by atoms with Crippen molar-refractivity contribution in [2.75, 3.05) is 31.5 Å². The number of nitrogens with one attached hydrogen (secondary N) is 1. The zero-order chi connectivity index (χ0) is 36.3. The molecule has 0 saturated heterocycles. The van der Waals surface area contributed by atoms with Crippen molar-refractivity contribution in [1.82, 2.24) is 24.5 Å². The molecule has 2 aromatic carbocycles. The number of aldehydes is 1. The topological polar surface area (TPSA) is 147 Å². The highest BCUT2D eigenvalue weighted by molar-refractivity contribution is 7.98. The van der Waals surface area contributed by atoms with Crippen LogP contribution in [0.15, 0.2) is 82.1 Å². The first-order valence-electron chi connectivity index (χ1n) is 15.7. The fourth-order valence-corrected chi connectivity index (χ4v) is 5.10. The van der Waals surface area contributed by atoms with E-state index in [4.69, 9.17) is 9.47 Å². The van der Waals surface area contributed by atoms with Crippen molar-refractivity contribution >= 4 is 52.6 Å². The van der Waals surface area contributed by atoms with E-state index >= 15 is 0 Å². The maximum atomic E-state index is 13.8. The minimum atomic E-state index is -0.539. The number of hydrogen-bond acceptors (Lipinski definition) is 13. The van der Waals surface area contributed by atoms with Gasteiger partial charge in [0.15, 0.2) is 52.1 Å². The number of rotatable bonds is 11. The van der Waals surface area contributed by atoms with E-state index in [1.54, 1.807) is 47.3 Å². The van der Waals surface area contributed by atoms with Gasteiger partial charge in [0.2, 0.25) is 0 Å². The molecule has 2 fully saturated rings. The predicted molar refractivity (Wildman–Crippen MR) is 190 cm³/mol. The van der Waals surface area contributed by atoms with Crippen LogP contribution in [-0.2, 0) is 9.53 Å². The minimum Gasteiger partial charge on any atom is -0.479 e. The first-order valence-corrected chi connectivity index (χ1v) is 18.1. The van der Waals surface area contributed by atoms with Gasteiger partial charge in [-0.25, -0.2) is 33.5 Å². The molecular weight excluding hydrogens is 703 g/mol. The van der Waals surface area contributed by atoms with Gasteiger partial charge in [-0.15, -0.1) is 0 Å². The van der Waals surface area contributed by atoms with Gasteiger partial charge in [0.1, 0.15) is 11.5 Å². The smallest absolute Gasteiger partial charge is 0.343 e. The molecule has 16 heteroatoms. The molecule has 5 aromatic rings. The zero-order valence-corrected chi connectivity index (χ0v) is 29.5. The summed E-state index contributed by atoms with van der Waals surface area (Å²) in [5, 5.41) is 5.22. The van der Waals surface area contributed by atoms with Crippen molar-refractivity contribution in [3.8, 4) is 17.2 Å². The summed E-state index contributed by atoms with van der Waals surface area (Å²) < 4.78 is 43.1. The monoisotopic (exact) mass is 736 g/mol. The third-order valence-electron chi connectivity index (χ3n) is 7.30. The molecule has 0 unspecified atom stereocenters. The van der Waals surface area contributed by atoms with E-state index in [0.717, 1.165) is 32.0 Å². The number of halogens is 2. The molecule has 266 valence electrons.